The maximum Gasteiger partial charge on any atom is 0.311 e. The van der Waals surface area contributed by atoms with Crippen molar-refractivity contribution in [3.05, 3.63) is 35.9 Å². The van der Waals surface area contributed by atoms with E-state index in [0.29, 0.717) is 31.5 Å². The molecule has 2 aliphatic rings. The zero-order valence-electron chi connectivity index (χ0n) is 15.7. The van der Waals surface area contributed by atoms with Crippen molar-refractivity contribution < 1.29 is 19.5 Å². The van der Waals surface area contributed by atoms with Crippen molar-refractivity contribution in [2.75, 3.05) is 19.6 Å². The number of carboxylic acids is 1. The second-order valence-corrected chi connectivity index (χ2v) is 7.82. The monoisotopic (exact) mass is 372 g/mol. The number of hydrogen-bond donors (Lipinski definition) is 2. The summed E-state index contributed by atoms with van der Waals surface area (Å²) in [6.45, 7) is 1.22. The van der Waals surface area contributed by atoms with Crippen LogP contribution in [0.1, 0.15) is 55.3 Å². The molecule has 1 aromatic rings. The Bertz CT molecular complexity index is 683. The lowest BCUT2D eigenvalue weighted by atomic mass is 9.74. The Morgan fingerprint density at radius 3 is 2.44 bits per heavy atom. The van der Waals surface area contributed by atoms with Gasteiger partial charge in [0.25, 0.3) is 5.91 Å². The van der Waals surface area contributed by atoms with Crippen molar-refractivity contribution in [1.82, 2.24) is 10.2 Å². The Morgan fingerprint density at radius 1 is 1.07 bits per heavy atom. The molecule has 0 radical (unpaired) electrons. The van der Waals surface area contributed by atoms with Crippen LogP contribution in [-0.2, 0) is 9.59 Å². The van der Waals surface area contributed by atoms with E-state index < -0.39 is 11.4 Å². The molecule has 1 unspecified atom stereocenters. The molecule has 146 valence electrons. The molecule has 1 saturated carbocycles. The molecule has 1 aromatic carbocycles. The second-order valence-electron chi connectivity index (χ2n) is 7.82. The van der Waals surface area contributed by atoms with Gasteiger partial charge in [-0.05, 0) is 37.8 Å². The Hall–Kier alpha value is -2.37. The van der Waals surface area contributed by atoms with Crippen molar-refractivity contribution in [3.8, 4) is 0 Å². The van der Waals surface area contributed by atoms with Gasteiger partial charge in [-0.15, -0.1) is 0 Å². The molecule has 27 heavy (non-hydrogen) atoms. The highest BCUT2D eigenvalue weighted by atomic mass is 16.4. The lowest BCUT2D eigenvalue weighted by Gasteiger charge is -2.35. The number of carboxylic acid groups (broad SMARTS) is 1. The molecule has 6 heteroatoms. The van der Waals surface area contributed by atoms with Gasteiger partial charge in [0.15, 0.2) is 0 Å². The Morgan fingerprint density at radius 2 is 1.78 bits per heavy atom. The fraction of sp³-hybridized carbons (Fsp3) is 0.571. The Kier molecular flexibility index (Phi) is 6.14. The van der Waals surface area contributed by atoms with E-state index in [0.717, 1.165) is 32.1 Å². The first-order chi connectivity index (χ1) is 13.0. The second kappa shape index (κ2) is 8.55. The topological polar surface area (TPSA) is 86.7 Å². The van der Waals surface area contributed by atoms with E-state index in [1.807, 2.05) is 18.2 Å². The van der Waals surface area contributed by atoms with Gasteiger partial charge in [0.2, 0.25) is 5.91 Å². The number of amides is 2. The SMILES string of the molecule is O=C(NCC1(C(=O)O)CCCCC1)C1CCCN(C(=O)c2ccccc2)C1. The van der Waals surface area contributed by atoms with Gasteiger partial charge < -0.3 is 15.3 Å². The standard InChI is InChI=1S/C21H28N2O4/c24-18(22-15-21(20(26)27)11-5-2-6-12-21)17-10-7-13-23(14-17)19(25)16-8-3-1-4-9-16/h1,3-4,8-9,17H,2,5-7,10-15H2,(H,22,24)(H,26,27). The van der Waals surface area contributed by atoms with Crippen LogP contribution in [0.5, 0.6) is 0 Å². The smallest absolute Gasteiger partial charge is 0.311 e. The van der Waals surface area contributed by atoms with E-state index in [2.05, 4.69) is 5.32 Å². The van der Waals surface area contributed by atoms with Crippen molar-refractivity contribution in [3.63, 3.8) is 0 Å². The maximum absolute atomic E-state index is 12.7. The molecule has 6 nitrogen and oxygen atoms in total. The fourth-order valence-electron chi connectivity index (χ4n) is 4.23. The van der Waals surface area contributed by atoms with Crippen molar-refractivity contribution >= 4 is 17.8 Å². The molecule has 0 bridgehead atoms. The number of rotatable bonds is 5. The zero-order valence-corrected chi connectivity index (χ0v) is 15.7. The molecule has 1 saturated heterocycles. The van der Waals surface area contributed by atoms with Crippen LogP contribution in [-0.4, -0.2) is 47.4 Å². The lowest BCUT2D eigenvalue weighted by molar-refractivity contribution is -0.151. The third-order valence-electron chi connectivity index (χ3n) is 5.97. The van der Waals surface area contributed by atoms with Crippen LogP contribution in [0.4, 0.5) is 0 Å². The summed E-state index contributed by atoms with van der Waals surface area (Å²) < 4.78 is 0. The molecule has 2 N–H and O–H groups in total. The number of carbonyl (C=O) groups excluding carboxylic acids is 2. The average molecular weight is 372 g/mol. The van der Waals surface area contributed by atoms with E-state index in [-0.39, 0.29) is 24.3 Å². The summed E-state index contributed by atoms with van der Waals surface area (Å²) in [6.07, 6.45) is 5.58. The van der Waals surface area contributed by atoms with Crippen LogP contribution in [0.2, 0.25) is 0 Å². The molecular formula is C21H28N2O4. The lowest BCUT2D eigenvalue weighted by Crippen LogP contribution is -2.49. The third kappa shape index (κ3) is 4.49. The third-order valence-corrected chi connectivity index (χ3v) is 5.97. The van der Waals surface area contributed by atoms with E-state index in [4.69, 9.17) is 0 Å². The number of benzene rings is 1. The zero-order chi connectivity index (χ0) is 19.3. The number of hydrogen-bond acceptors (Lipinski definition) is 3. The van der Waals surface area contributed by atoms with Gasteiger partial charge >= 0.3 is 5.97 Å². The van der Waals surface area contributed by atoms with Crippen LogP contribution in [0.3, 0.4) is 0 Å². The molecule has 0 aromatic heterocycles. The minimum absolute atomic E-state index is 0.0533. The van der Waals surface area contributed by atoms with Gasteiger partial charge in [0.05, 0.1) is 11.3 Å². The summed E-state index contributed by atoms with van der Waals surface area (Å²) in [6, 6.07) is 9.10. The molecule has 1 heterocycles. The van der Waals surface area contributed by atoms with Crippen molar-refractivity contribution in [2.45, 2.75) is 44.9 Å². The quantitative estimate of drug-likeness (QED) is 0.832. The van der Waals surface area contributed by atoms with Crippen LogP contribution < -0.4 is 5.32 Å². The summed E-state index contributed by atoms with van der Waals surface area (Å²) in [5.74, 6) is -1.28. The number of piperidine rings is 1. The fourth-order valence-corrected chi connectivity index (χ4v) is 4.23. The molecule has 0 spiro atoms. The highest BCUT2D eigenvalue weighted by Gasteiger charge is 2.40. The van der Waals surface area contributed by atoms with Gasteiger partial charge in [0.1, 0.15) is 0 Å². The normalized spacial score (nSPS) is 22.1. The van der Waals surface area contributed by atoms with E-state index >= 15 is 0 Å². The van der Waals surface area contributed by atoms with Crippen LogP contribution in [0.25, 0.3) is 0 Å². The molecule has 1 atom stereocenters. The largest absolute Gasteiger partial charge is 0.481 e. The molecular weight excluding hydrogens is 344 g/mol. The van der Waals surface area contributed by atoms with Crippen LogP contribution >= 0.6 is 0 Å². The molecule has 3 rings (SSSR count). The van der Waals surface area contributed by atoms with E-state index in [1.54, 1.807) is 17.0 Å². The first-order valence-corrected chi connectivity index (χ1v) is 9.87. The van der Waals surface area contributed by atoms with Crippen LogP contribution in [0.15, 0.2) is 30.3 Å². The van der Waals surface area contributed by atoms with Crippen molar-refractivity contribution in [1.29, 1.82) is 0 Å². The summed E-state index contributed by atoms with van der Waals surface area (Å²) >= 11 is 0. The Balaban J connectivity index is 1.58. The molecule has 1 aliphatic heterocycles. The maximum atomic E-state index is 12.7. The van der Waals surface area contributed by atoms with E-state index in [1.165, 1.54) is 0 Å². The van der Waals surface area contributed by atoms with Gasteiger partial charge in [-0.2, -0.15) is 0 Å². The van der Waals surface area contributed by atoms with Crippen LogP contribution in [0, 0.1) is 11.3 Å². The summed E-state index contributed by atoms with van der Waals surface area (Å²) in [7, 11) is 0. The minimum Gasteiger partial charge on any atom is -0.481 e. The number of nitrogens with one attached hydrogen (secondary N) is 1. The molecule has 2 fully saturated rings. The van der Waals surface area contributed by atoms with Gasteiger partial charge in [0, 0.05) is 25.2 Å². The summed E-state index contributed by atoms with van der Waals surface area (Å²) in [4.78, 5) is 38.8. The van der Waals surface area contributed by atoms with E-state index in [9.17, 15) is 19.5 Å². The number of nitrogens with zero attached hydrogens (tertiary/aromatic N) is 1. The first kappa shape index (κ1) is 19.4. The first-order valence-electron chi connectivity index (χ1n) is 9.87. The minimum atomic E-state index is -0.831. The highest BCUT2D eigenvalue weighted by Crippen LogP contribution is 2.36. The Labute approximate surface area is 159 Å². The molecule has 1 aliphatic carbocycles. The number of carbonyl (C=O) groups is 3. The summed E-state index contributed by atoms with van der Waals surface area (Å²) in [5, 5.41) is 12.5. The molecule has 2 amide bonds. The predicted octanol–water partition coefficient (Wildman–Crippen LogP) is 2.69. The van der Waals surface area contributed by atoms with Gasteiger partial charge in [-0.25, -0.2) is 0 Å². The van der Waals surface area contributed by atoms with Gasteiger partial charge in [-0.1, -0.05) is 37.5 Å². The average Bonchev–Trinajstić information content (AvgIpc) is 2.72. The predicted molar refractivity (Wildman–Crippen MR) is 101 cm³/mol. The number of likely N-dealkylation sites (tertiary alicyclic amines) is 1. The van der Waals surface area contributed by atoms with Crippen molar-refractivity contribution in [2.24, 2.45) is 11.3 Å². The summed E-state index contributed by atoms with van der Waals surface area (Å²) in [5.41, 5.74) is -0.201. The number of aliphatic carboxylic acids is 1. The van der Waals surface area contributed by atoms with Gasteiger partial charge in [-0.3, -0.25) is 14.4 Å². The highest BCUT2D eigenvalue weighted by molar-refractivity contribution is 5.94.